The van der Waals surface area contributed by atoms with Gasteiger partial charge in [0.2, 0.25) is 0 Å². The molecule has 2 aliphatic heterocycles. The average Bonchev–Trinajstić information content (AvgIpc) is 3.41. The normalized spacial score (nSPS) is 17.4. The van der Waals surface area contributed by atoms with Crippen LogP contribution in [0.2, 0.25) is 0 Å². The minimum absolute atomic E-state index is 0.0128. The lowest BCUT2D eigenvalue weighted by atomic mass is 10.2. The van der Waals surface area contributed by atoms with Crippen molar-refractivity contribution in [2.24, 2.45) is 21.5 Å². The second-order valence-electron chi connectivity index (χ2n) is 8.73. The van der Waals surface area contributed by atoms with E-state index < -0.39 is 0 Å². The Labute approximate surface area is 235 Å². The summed E-state index contributed by atoms with van der Waals surface area (Å²) < 4.78 is 0. The van der Waals surface area contributed by atoms with E-state index in [0.29, 0.717) is 40.1 Å². The monoisotopic (exact) mass is 554 g/mol. The molecule has 39 heavy (non-hydrogen) atoms. The van der Waals surface area contributed by atoms with Crippen molar-refractivity contribution < 1.29 is 4.79 Å². The lowest BCUT2D eigenvalue weighted by Crippen LogP contribution is -2.29. The van der Waals surface area contributed by atoms with Crippen LogP contribution in [0.1, 0.15) is 18.1 Å². The molecule has 2 aliphatic rings. The number of aliphatic imine (C=N–C) groups is 2. The summed E-state index contributed by atoms with van der Waals surface area (Å²) in [6.07, 6.45) is 0. The zero-order valence-electron chi connectivity index (χ0n) is 21.4. The van der Waals surface area contributed by atoms with Gasteiger partial charge in [-0.3, -0.25) is 9.69 Å². The topological polar surface area (TPSA) is 136 Å². The molecule has 3 aromatic rings. The third-order valence-electron chi connectivity index (χ3n) is 6.03. The Balaban J connectivity index is 1.58. The second-order valence-corrected chi connectivity index (χ2v) is 10.7. The van der Waals surface area contributed by atoms with Crippen LogP contribution in [0, 0.1) is 11.3 Å². The molecular weight excluding hydrogens is 528 g/mol. The first-order chi connectivity index (χ1) is 18.9. The fourth-order valence-corrected chi connectivity index (χ4v) is 6.59. The van der Waals surface area contributed by atoms with Crippen LogP contribution in [0.25, 0.3) is 0 Å². The number of carbonyl (C=O) groups excluding carboxylic acids is 1. The first-order valence-corrected chi connectivity index (χ1v) is 13.8. The van der Waals surface area contributed by atoms with E-state index in [-0.39, 0.29) is 11.9 Å². The number of nitrogens with zero attached hydrogens (tertiary/aromatic N) is 5. The molecule has 0 bridgehead atoms. The number of hydrogen-bond donors (Lipinski definition) is 3. The van der Waals surface area contributed by atoms with Gasteiger partial charge in [0.25, 0.3) is 5.91 Å². The molecule has 5 N–H and O–H groups in total. The smallest absolute Gasteiger partial charge is 0.269 e. The van der Waals surface area contributed by atoms with Crippen LogP contribution in [0.5, 0.6) is 0 Å². The van der Waals surface area contributed by atoms with Crippen molar-refractivity contribution in [2.45, 2.75) is 18.4 Å². The Bertz CT molecular complexity index is 1570. The van der Waals surface area contributed by atoms with Crippen molar-refractivity contribution in [1.29, 1.82) is 5.26 Å². The van der Waals surface area contributed by atoms with Gasteiger partial charge < -0.3 is 21.7 Å². The van der Waals surface area contributed by atoms with E-state index in [4.69, 9.17) is 16.5 Å². The Morgan fingerprint density at radius 3 is 2.59 bits per heavy atom. The quantitative estimate of drug-likeness (QED) is 0.218. The number of benzene rings is 3. The van der Waals surface area contributed by atoms with Crippen molar-refractivity contribution in [3.8, 4) is 6.07 Å². The summed E-state index contributed by atoms with van der Waals surface area (Å²) >= 11 is 2.83. The minimum atomic E-state index is -0.129. The summed E-state index contributed by atoms with van der Waals surface area (Å²) in [5, 5.41) is 14.1. The Morgan fingerprint density at radius 2 is 1.87 bits per heavy atom. The van der Waals surface area contributed by atoms with Crippen LogP contribution < -0.4 is 21.7 Å². The van der Waals surface area contributed by atoms with Gasteiger partial charge in [0, 0.05) is 18.5 Å². The van der Waals surface area contributed by atoms with Crippen LogP contribution in [-0.2, 0) is 11.3 Å². The number of fused-ring (bicyclic) bond motifs is 1. The number of guanidine groups is 1. The van der Waals surface area contributed by atoms with Gasteiger partial charge in [0.15, 0.2) is 11.1 Å². The van der Waals surface area contributed by atoms with Gasteiger partial charge in [0.05, 0.1) is 46.0 Å². The summed E-state index contributed by atoms with van der Waals surface area (Å²) in [5.74, 6) is -0.142. The van der Waals surface area contributed by atoms with Crippen LogP contribution >= 0.6 is 23.5 Å². The molecule has 0 aliphatic carbocycles. The van der Waals surface area contributed by atoms with Crippen molar-refractivity contribution in [1.82, 2.24) is 4.90 Å². The molecule has 9 nitrogen and oxygen atoms in total. The van der Waals surface area contributed by atoms with Gasteiger partial charge in [-0.1, -0.05) is 42.1 Å². The highest BCUT2D eigenvalue weighted by atomic mass is 32.2. The Kier molecular flexibility index (Phi) is 7.49. The van der Waals surface area contributed by atoms with E-state index >= 15 is 0 Å². The molecule has 1 fully saturated rings. The SMILES string of the molecule is CCNc1ccc(C#N)cc1N=C1S/C(=C2/Sc3cc(N=C(N)N)ccc3N2C)C(=O)N1Cc1ccccc1. The van der Waals surface area contributed by atoms with Crippen molar-refractivity contribution in [2.75, 3.05) is 23.8 Å². The molecule has 0 radical (unpaired) electrons. The number of anilines is 2. The van der Waals surface area contributed by atoms with Crippen LogP contribution in [0.3, 0.4) is 0 Å². The summed E-state index contributed by atoms with van der Waals surface area (Å²) in [6, 6.07) is 23.0. The Hall–Kier alpha value is -4.40. The largest absolute Gasteiger partial charge is 0.384 e. The number of rotatable bonds is 6. The van der Waals surface area contributed by atoms with E-state index in [0.717, 1.165) is 26.9 Å². The highest BCUT2D eigenvalue weighted by molar-refractivity contribution is 8.19. The van der Waals surface area contributed by atoms with E-state index in [1.807, 2.05) is 73.5 Å². The number of hydrogen-bond acceptors (Lipinski definition) is 8. The van der Waals surface area contributed by atoms with E-state index in [9.17, 15) is 10.1 Å². The predicted molar refractivity (Wildman–Crippen MR) is 160 cm³/mol. The van der Waals surface area contributed by atoms with Crippen LogP contribution in [0.15, 0.2) is 91.5 Å². The van der Waals surface area contributed by atoms with Gasteiger partial charge in [-0.15, -0.1) is 0 Å². The molecule has 1 amide bonds. The molecule has 1 saturated heterocycles. The zero-order valence-corrected chi connectivity index (χ0v) is 23.0. The van der Waals surface area contributed by atoms with E-state index in [1.165, 1.54) is 23.5 Å². The van der Waals surface area contributed by atoms with Gasteiger partial charge in [-0.2, -0.15) is 5.26 Å². The maximum atomic E-state index is 13.9. The Morgan fingerprint density at radius 1 is 1.08 bits per heavy atom. The van der Waals surface area contributed by atoms with Gasteiger partial charge in [-0.05, 0) is 60.6 Å². The number of nitriles is 1. The summed E-state index contributed by atoms with van der Waals surface area (Å²) in [4.78, 5) is 28.2. The van der Waals surface area contributed by atoms with Crippen LogP contribution in [-0.4, -0.2) is 35.5 Å². The third-order valence-corrected chi connectivity index (χ3v) is 8.44. The average molecular weight is 555 g/mol. The lowest BCUT2D eigenvalue weighted by molar-refractivity contribution is -0.122. The first kappa shape index (κ1) is 26.2. The minimum Gasteiger partial charge on any atom is -0.384 e. The molecule has 3 aromatic carbocycles. The molecule has 0 saturated carbocycles. The van der Waals surface area contributed by atoms with Gasteiger partial charge in [0.1, 0.15) is 4.91 Å². The maximum absolute atomic E-state index is 13.9. The highest BCUT2D eigenvalue weighted by Gasteiger charge is 2.39. The summed E-state index contributed by atoms with van der Waals surface area (Å²) in [6.45, 7) is 3.06. The molecule has 196 valence electrons. The molecule has 2 heterocycles. The molecule has 0 spiro atoms. The lowest BCUT2D eigenvalue weighted by Gasteiger charge is -2.17. The van der Waals surface area contributed by atoms with Crippen molar-refractivity contribution >= 4 is 63.3 Å². The van der Waals surface area contributed by atoms with Crippen LogP contribution in [0.4, 0.5) is 22.7 Å². The predicted octanol–water partition coefficient (Wildman–Crippen LogP) is 5.07. The third kappa shape index (κ3) is 5.43. The maximum Gasteiger partial charge on any atom is 0.269 e. The van der Waals surface area contributed by atoms with Gasteiger partial charge in [-0.25, -0.2) is 9.98 Å². The van der Waals surface area contributed by atoms with E-state index in [1.54, 1.807) is 17.0 Å². The fourth-order valence-electron chi connectivity index (χ4n) is 4.22. The number of nitrogens with two attached hydrogens (primary N) is 2. The summed E-state index contributed by atoms with van der Waals surface area (Å²) in [7, 11) is 1.94. The molecule has 0 unspecified atom stereocenters. The highest BCUT2D eigenvalue weighted by Crippen LogP contribution is 2.51. The van der Waals surface area contributed by atoms with Crippen molar-refractivity contribution in [3.63, 3.8) is 0 Å². The first-order valence-electron chi connectivity index (χ1n) is 12.2. The van der Waals surface area contributed by atoms with Gasteiger partial charge >= 0.3 is 0 Å². The van der Waals surface area contributed by atoms with Crippen molar-refractivity contribution in [3.05, 3.63) is 87.8 Å². The zero-order chi connectivity index (χ0) is 27.5. The molecule has 5 rings (SSSR count). The fraction of sp³-hybridized carbons (Fsp3) is 0.143. The number of thioether (sulfide) groups is 2. The summed E-state index contributed by atoms with van der Waals surface area (Å²) in [5.41, 5.74) is 15.6. The standard InChI is InChI=1S/C28H26N8OS2/c1-3-32-20-11-9-18(15-29)13-21(20)34-28-36(16-17-7-5-4-6-8-17)25(37)24(39-28)26-35(2)22-12-10-19(33-27(30)31)14-23(22)38-26/h4-14,32H,3,16H2,1-2H3,(H4,30,31,33)/b26-24+,34-28?. The molecule has 0 atom stereocenters. The number of amides is 1. The molecular formula is C28H26N8OS2. The number of carbonyl (C=O) groups is 1. The number of nitrogens with one attached hydrogen (secondary N) is 1. The number of amidine groups is 1. The van der Waals surface area contributed by atoms with E-state index in [2.05, 4.69) is 16.4 Å². The molecule has 0 aromatic heterocycles. The molecule has 11 heteroatoms. The second kappa shape index (κ2) is 11.1.